The number of imidazole rings is 1. The van der Waals surface area contributed by atoms with Crippen LogP contribution >= 0.6 is 23.2 Å². The summed E-state index contributed by atoms with van der Waals surface area (Å²) in [6.45, 7) is 1.94. The van der Waals surface area contributed by atoms with E-state index in [4.69, 9.17) is 27.9 Å². The highest BCUT2D eigenvalue weighted by molar-refractivity contribution is 6.35. The summed E-state index contributed by atoms with van der Waals surface area (Å²) in [6, 6.07) is 11.0. The smallest absolute Gasteiger partial charge is 0.144 e. The Morgan fingerprint density at radius 1 is 1.22 bits per heavy atom. The number of phenolic OH excluding ortho intramolecular Hbond substituents is 1. The zero-order valence-electron chi connectivity index (χ0n) is 15.0. The second-order valence-corrected chi connectivity index (χ2v) is 7.83. The summed E-state index contributed by atoms with van der Waals surface area (Å²) in [6.07, 6.45) is 1.32. The van der Waals surface area contributed by atoms with Crippen LogP contribution in [0.3, 0.4) is 0 Å². The van der Waals surface area contributed by atoms with Gasteiger partial charge in [0, 0.05) is 23.7 Å². The van der Waals surface area contributed by atoms with Gasteiger partial charge in [-0.25, -0.2) is 4.98 Å². The summed E-state index contributed by atoms with van der Waals surface area (Å²) in [5.41, 5.74) is 2.28. The van der Waals surface area contributed by atoms with Crippen LogP contribution < -0.4 is 0 Å². The zero-order valence-corrected chi connectivity index (χ0v) is 16.5. The number of hydrogen-bond acceptors (Lipinski definition) is 4. The van der Waals surface area contributed by atoms with Crippen LogP contribution in [-0.4, -0.2) is 46.2 Å². The van der Waals surface area contributed by atoms with Gasteiger partial charge in [0.25, 0.3) is 0 Å². The Kier molecular flexibility index (Phi) is 5.28. The van der Waals surface area contributed by atoms with Gasteiger partial charge >= 0.3 is 0 Å². The van der Waals surface area contributed by atoms with Crippen molar-refractivity contribution >= 4 is 34.2 Å². The number of ether oxygens (including phenoxy) is 1. The van der Waals surface area contributed by atoms with Gasteiger partial charge < -0.3 is 19.7 Å². The fraction of sp³-hybridized carbons (Fsp3) is 0.350. The second-order valence-electron chi connectivity index (χ2n) is 6.98. The van der Waals surface area contributed by atoms with E-state index in [2.05, 4.69) is 21.9 Å². The maximum absolute atomic E-state index is 10.6. The number of halogens is 2. The number of para-hydroxylation sites is 2. The van der Waals surface area contributed by atoms with Gasteiger partial charge in [0.2, 0.25) is 0 Å². The summed E-state index contributed by atoms with van der Waals surface area (Å²) >= 11 is 12.4. The molecule has 1 aliphatic heterocycles. The maximum Gasteiger partial charge on any atom is 0.144 e. The first-order valence-corrected chi connectivity index (χ1v) is 9.73. The fourth-order valence-corrected chi connectivity index (χ4v) is 3.99. The average molecular weight is 406 g/mol. The minimum absolute atomic E-state index is 0.0283. The predicted molar refractivity (Wildman–Crippen MR) is 108 cm³/mol. The number of fused-ring (bicyclic) bond motifs is 1. The van der Waals surface area contributed by atoms with Gasteiger partial charge in [-0.15, -0.1) is 0 Å². The third-order valence-electron chi connectivity index (χ3n) is 4.99. The number of H-pyrrole nitrogens is 1. The molecule has 1 saturated heterocycles. The number of aromatic amines is 1. The topological polar surface area (TPSA) is 61.4 Å². The Labute approximate surface area is 167 Å². The van der Waals surface area contributed by atoms with Gasteiger partial charge in [0.15, 0.2) is 0 Å². The van der Waals surface area contributed by atoms with Crippen LogP contribution in [0.4, 0.5) is 0 Å². The summed E-state index contributed by atoms with van der Waals surface area (Å²) in [5, 5.41) is 11.2. The quantitative estimate of drug-likeness (QED) is 0.655. The van der Waals surface area contributed by atoms with Crippen molar-refractivity contribution in [3.8, 4) is 5.75 Å². The number of hydrogen-bond donors (Lipinski definition) is 2. The molecule has 2 N–H and O–H groups in total. The van der Waals surface area contributed by atoms with E-state index in [-0.39, 0.29) is 16.9 Å². The molecule has 1 fully saturated rings. The number of benzene rings is 2. The van der Waals surface area contributed by atoms with E-state index in [0.29, 0.717) is 16.4 Å². The first kappa shape index (κ1) is 18.6. The van der Waals surface area contributed by atoms with Crippen molar-refractivity contribution in [2.75, 3.05) is 20.1 Å². The highest BCUT2D eigenvalue weighted by Gasteiger charge is 2.28. The monoisotopic (exact) mass is 405 g/mol. The number of piperidine rings is 1. The molecule has 7 heteroatoms. The van der Waals surface area contributed by atoms with Gasteiger partial charge in [-0.1, -0.05) is 35.3 Å². The second kappa shape index (κ2) is 7.68. The largest absolute Gasteiger partial charge is 0.506 e. The van der Waals surface area contributed by atoms with E-state index >= 15 is 0 Å². The average Bonchev–Trinajstić information content (AvgIpc) is 3.08. The maximum atomic E-state index is 10.6. The van der Waals surface area contributed by atoms with Crippen molar-refractivity contribution in [2.45, 2.75) is 25.0 Å². The van der Waals surface area contributed by atoms with Crippen LogP contribution in [0.5, 0.6) is 5.75 Å². The van der Waals surface area contributed by atoms with E-state index in [1.807, 2.05) is 24.3 Å². The summed E-state index contributed by atoms with van der Waals surface area (Å²) in [4.78, 5) is 10.3. The lowest BCUT2D eigenvalue weighted by atomic mass is 10.0. The standard InChI is InChI=1S/C20H21Cl2N3O2/c1-25-8-6-13(7-9-25)27-19(14-10-12(21)11-15(22)18(14)26)20-23-16-4-2-3-5-17(16)24-20/h2-5,10-11,13,19,26H,6-9H2,1H3,(H,23,24). The van der Waals surface area contributed by atoms with Gasteiger partial charge in [-0.05, 0) is 44.2 Å². The SMILES string of the molecule is CN1CCC(OC(c2nc3ccccc3[nH]2)c2cc(Cl)cc(Cl)c2O)CC1. The lowest BCUT2D eigenvalue weighted by Gasteiger charge is -2.31. The predicted octanol–water partition coefficient (Wildman–Crippen LogP) is 4.78. The molecular weight excluding hydrogens is 385 g/mol. The van der Waals surface area contributed by atoms with Crippen LogP contribution in [-0.2, 0) is 4.74 Å². The molecule has 2 heterocycles. The lowest BCUT2D eigenvalue weighted by Crippen LogP contribution is -2.35. The zero-order chi connectivity index (χ0) is 19.0. The molecule has 2 aromatic carbocycles. The Morgan fingerprint density at radius 2 is 1.96 bits per heavy atom. The van der Waals surface area contributed by atoms with E-state index in [9.17, 15) is 5.11 Å². The van der Waals surface area contributed by atoms with Crippen molar-refractivity contribution in [1.29, 1.82) is 0 Å². The van der Waals surface area contributed by atoms with Crippen molar-refractivity contribution < 1.29 is 9.84 Å². The summed E-state index contributed by atoms with van der Waals surface area (Å²) in [7, 11) is 2.11. The van der Waals surface area contributed by atoms with Crippen molar-refractivity contribution in [1.82, 2.24) is 14.9 Å². The number of phenols is 1. The van der Waals surface area contributed by atoms with Crippen LogP contribution in [0.1, 0.15) is 30.3 Å². The molecule has 1 unspecified atom stereocenters. The Morgan fingerprint density at radius 3 is 2.70 bits per heavy atom. The summed E-state index contributed by atoms with van der Waals surface area (Å²) in [5.74, 6) is 0.600. The van der Waals surface area contributed by atoms with Crippen LogP contribution in [0.2, 0.25) is 10.0 Å². The Balaban J connectivity index is 1.75. The molecule has 4 rings (SSSR count). The minimum Gasteiger partial charge on any atom is -0.506 e. The van der Waals surface area contributed by atoms with Crippen molar-refractivity contribution in [2.24, 2.45) is 0 Å². The van der Waals surface area contributed by atoms with Gasteiger partial charge in [-0.3, -0.25) is 0 Å². The summed E-state index contributed by atoms with van der Waals surface area (Å²) < 4.78 is 6.43. The number of aromatic nitrogens is 2. The molecule has 0 radical (unpaired) electrons. The molecule has 3 aromatic rings. The third-order valence-corrected chi connectivity index (χ3v) is 5.50. The highest BCUT2D eigenvalue weighted by Crippen LogP contribution is 2.40. The molecule has 27 heavy (non-hydrogen) atoms. The Bertz CT molecular complexity index is 919. The molecule has 0 bridgehead atoms. The van der Waals surface area contributed by atoms with Gasteiger partial charge in [0.1, 0.15) is 17.7 Å². The van der Waals surface area contributed by atoms with Crippen LogP contribution in [0, 0.1) is 0 Å². The number of rotatable bonds is 4. The number of likely N-dealkylation sites (tertiary alicyclic amines) is 1. The van der Waals surface area contributed by atoms with E-state index < -0.39 is 6.10 Å². The minimum atomic E-state index is -0.581. The van der Waals surface area contributed by atoms with E-state index in [1.54, 1.807) is 6.07 Å². The van der Waals surface area contributed by atoms with Gasteiger partial charge in [0.05, 0.1) is 22.2 Å². The lowest BCUT2D eigenvalue weighted by molar-refractivity contribution is -0.0271. The third kappa shape index (κ3) is 3.92. The van der Waals surface area contributed by atoms with Crippen LogP contribution in [0.15, 0.2) is 36.4 Å². The fourth-order valence-electron chi connectivity index (χ4n) is 3.48. The normalized spacial score (nSPS) is 17.4. The molecule has 0 saturated carbocycles. The number of nitrogens with zero attached hydrogens (tertiary/aromatic N) is 2. The Hall–Kier alpha value is -1.79. The van der Waals surface area contributed by atoms with Gasteiger partial charge in [-0.2, -0.15) is 0 Å². The molecule has 1 aliphatic rings. The molecule has 1 atom stereocenters. The first-order valence-electron chi connectivity index (χ1n) is 8.98. The first-order chi connectivity index (χ1) is 13.0. The molecule has 5 nitrogen and oxygen atoms in total. The molecule has 0 spiro atoms. The molecule has 1 aromatic heterocycles. The van der Waals surface area contributed by atoms with E-state index in [1.165, 1.54) is 6.07 Å². The number of aromatic hydroxyl groups is 1. The molecule has 0 amide bonds. The molecular formula is C20H21Cl2N3O2. The highest BCUT2D eigenvalue weighted by atomic mass is 35.5. The van der Waals surface area contributed by atoms with E-state index in [0.717, 1.165) is 37.0 Å². The number of nitrogens with one attached hydrogen (secondary N) is 1. The van der Waals surface area contributed by atoms with Crippen molar-refractivity contribution in [3.05, 3.63) is 57.8 Å². The molecule has 142 valence electrons. The molecule has 0 aliphatic carbocycles. The van der Waals surface area contributed by atoms with Crippen LogP contribution in [0.25, 0.3) is 11.0 Å². The van der Waals surface area contributed by atoms with Crippen molar-refractivity contribution in [3.63, 3.8) is 0 Å².